The Morgan fingerprint density at radius 1 is 1.18 bits per heavy atom. The SMILES string of the molecule is CC(C)Oc1ccc(NS(=O)(=O)CC(=O)N(C)C2CCc3ccccc32)cc1. The third-order valence-corrected chi connectivity index (χ3v) is 5.95. The van der Waals surface area contributed by atoms with Crippen LogP contribution in [0.2, 0.25) is 0 Å². The molecule has 1 N–H and O–H groups in total. The second-order valence-electron chi connectivity index (χ2n) is 7.31. The van der Waals surface area contributed by atoms with E-state index in [-0.39, 0.29) is 12.1 Å². The van der Waals surface area contributed by atoms with Crippen LogP contribution < -0.4 is 9.46 Å². The van der Waals surface area contributed by atoms with E-state index in [4.69, 9.17) is 4.74 Å². The van der Waals surface area contributed by atoms with Crippen LogP contribution >= 0.6 is 0 Å². The maximum absolute atomic E-state index is 12.6. The van der Waals surface area contributed by atoms with E-state index in [0.29, 0.717) is 11.4 Å². The summed E-state index contributed by atoms with van der Waals surface area (Å²) in [7, 11) is -2.13. The van der Waals surface area contributed by atoms with Gasteiger partial charge < -0.3 is 9.64 Å². The third kappa shape index (κ3) is 4.84. The number of amides is 1. The van der Waals surface area contributed by atoms with Crippen LogP contribution in [0.25, 0.3) is 0 Å². The quantitative estimate of drug-likeness (QED) is 0.771. The van der Waals surface area contributed by atoms with Crippen molar-refractivity contribution in [2.75, 3.05) is 17.5 Å². The van der Waals surface area contributed by atoms with E-state index >= 15 is 0 Å². The van der Waals surface area contributed by atoms with Crippen molar-refractivity contribution in [3.63, 3.8) is 0 Å². The van der Waals surface area contributed by atoms with Gasteiger partial charge in [-0.15, -0.1) is 0 Å². The number of aryl methyl sites for hydroxylation is 1. The molecule has 1 unspecified atom stereocenters. The molecule has 0 heterocycles. The van der Waals surface area contributed by atoms with Crippen molar-refractivity contribution in [2.45, 2.75) is 38.8 Å². The number of carbonyl (C=O) groups excluding carboxylic acids is 1. The number of ether oxygens (including phenoxy) is 1. The van der Waals surface area contributed by atoms with Crippen LogP contribution in [0.4, 0.5) is 5.69 Å². The predicted octanol–water partition coefficient (Wildman–Crippen LogP) is 3.36. The molecule has 0 radical (unpaired) electrons. The first kappa shape index (κ1) is 20.2. The van der Waals surface area contributed by atoms with Crippen LogP contribution in [0.1, 0.15) is 37.4 Å². The highest BCUT2D eigenvalue weighted by Gasteiger charge is 2.30. The number of hydrogen-bond acceptors (Lipinski definition) is 4. The Labute approximate surface area is 166 Å². The van der Waals surface area contributed by atoms with E-state index in [1.807, 2.05) is 32.0 Å². The minimum absolute atomic E-state index is 0.0384. The van der Waals surface area contributed by atoms with Crippen molar-refractivity contribution in [1.29, 1.82) is 0 Å². The molecule has 2 aromatic carbocycles. The number of carbonyl (C=O) groups is 1. The molecule has 6 nitrogen and oxygen atoms in total. The van der Waals surface area contributed by atoms with Crippen molar-refractivity contribution in [1.82, 2.24) is 4.90 Å². The zero-order valence-corrected chi connectivity index (χ0v) is 17.2. The molecule has 0 saturated carbocycles. The van der Waals surface area contributed by atoms with Gasteiger partial charge in [0.25, 0.3) is 0 Å². The van der Waals surface area contributed by atoms with Crippen LogP contribution in [0, 0.1) is 0 Å². The third-order valence-electron chi connectivity index (χ3n) is 4.78. The van der Waals surface area contributed by atoms with Gasteiger partial charge in [-0.25, -0.2) is 8.42 Å². The summed E-state index contributed by atoms with van der Waals surface area (Å²) in [5.74, 6) is -0.352. The molecule has 7 heteroatoms. The van der Waals surface area contributed by atoms with Crippen molar-refractivity contribution < 1.29 is 17.9 Å². The topological polar surface area (TPSA) is 75.7 Å². The number of fused-ring (bicyclic) bond motifs is 1. The first-order valence-electron chi connectivity index (χ1n) is 9.36. The van der Waals surface area contributed by atoms with Crippen LogP contribution in [0.15, 0.2) is 48.5 Å². The van der Waals surface area contributed by atoms with Crippen molar-refractivity contribution in [3.8, 4) is 5.75 Å². The first-order valence-corrected chi connectivity index (χ1v) is 11.0. The average molecular weight is 403 g/mol. The maximum atomic E-state index is 12.6. The lowest BCUT2D eigenvalue weighted by Gasteiger charge is -2.25. The molecule has 0 aromatic heterocycles. The van der Waals surface area contributed by atoms with E-state index in [9.17, 15) is 13.2 Å². The van der Waals surface area contributed by atoms with Gasteiger partial charge in [0.1, 0.15) is 11.5 Å². The second kappa shape index (κ2) is 8.22. The smallest absolute Gasteiger partial charge is 0.241 e. The molecule has 1 aliphatic carbocycles. The van der Waals surface area contributed by atoms with E-state index in [1.165, 1.54) is 5.56 Å². The Hall–Kier alpha value is -2.54. The van der Waals surface area contributed by atoms with Gasteiger partial charge in [0.2, 0.25) is 15.9 Å². The van der Waals surface area contributed by atoms with Crippen LogP contribution in [0.5, 0.6) is 5.75 Å². The van der Waals surface area contributed by atoms with Gasteiger partial charge in [0.05, 0.1) is 12.1 Å². The molecule has 0 bridgehead atoms. The molecular weight excluding hydrogens is 376 g/mol. The predicted molar refractivity (Wildman–Crippen MR) is 110 cm³/mol. The maximum Gasteiger partial charge on any atom is 0.241 e. The van der Waals surface area contributed by atoms with Crippen molar-refractivity contribution in [3.05, 3.63) is 59.7 Å². The summed E-state index contributed by atoms with van der Waals surface area (Å²) in [6.07, 6.45) is 1.75. The molecule has 2 aromatic rings. The van der Waals surface area contributed by atoms with Gasteiger partial charge in [0.15, 0.2) is 0 Å². The van der Waals surface area contributed by atoms with Gasteiger partial charge in [0, 0.05) is 12.7 Å². The highest BCUT2D eigenvalue weighted by atomic mass is 32.2. The number of nitrogens with zero attached hydrogens (tertiary/aromatic N) is 1. The molecule has 0 spiro atoms. The highest BCUT2D eigenvalue weighted by molar-refractivity contribution is 7.93. The fourth-order valence-electron chi connectivity index (χ4n) is 3.46. The zero-order chi connectivity index (χ0) is 20.3. The molecule has 1 atom stereocenters. The monoisotopic (exact) mass is 402 g/mol. The van der Waals surface area contributed by atoms with Gasteiger partial charge >= 0.3 is 0 Å². The zero-order valence-electron chi connectivity index (χ0n) is 16.4. The Bertz CT molecular complexity index is 939. The molecule has 1 aliphatic rings. The molecule has 3 rings (SSSR count). The lowest BCUT2D eigenvalue weighted by Crippen LogP contribution is -2.36. The summed E-state index contributed by atoms with van der Waals surface area (Å²) in [6.45, 7) is 3.84. The number of anilines is 1. The van der Waals surface area contributed by atoms with Gasteiger partial charge in [-0.1, -0.05) is 24.3 Å². The number of benzene rings is 2. The molecular formula is C21H26N2O4S. The molecule has 0 fully saturated rings. The van der Waals surface area contributed by atoms with E-state index < -0.39 is 21.7 Å². The Kier molecular flexibility index (Phi) is 5.93. The van der Waals surface area contributed by atoms with Crippen molar-refractivity contribution in [2.24, 2.45) is 0 Å². The van der Waals surface area contributed by atoms with Crippen LogP contribution in [-0.2, 0) is 21.2 Å². The molecule has 150 valence electrons. The fourth-order valence-corrected chi connectivity index (χ4v) is 4.56. The standard InChI is InChI=1S/C21H26N2O4S/c1-15(2)27-18-11-9-17(10-12-18)22-28(25,26)14-21(24)23(3)20-13-8-16-6-4-5-7-19(16)20/h4-7,9-12,15,20,22H,8,13-14H2,1-3H3. The molecule has 0 saturated heterocycles. The second-order valence-corrected chi connectivity index (χ2v) is 9.03. The van der Waals surface area contributed by atoms with Gasteiger partial charge in [-0.05, 0) is 62.1 Å². The molecule has 0 aliphatic heterocycles. The summed E-state index contributed by atoms with van der Waals surface area (Å²) in [5, 5.41) is 0. The minimum Gasteiger partial charge on any atom is -0.491 e. The lowest BCUT2D eigenvalue weighted by molar-refractivity contribution is -0.129. The van der Waals surface area contributed by atoms with Crippen molar-refractivity contribution >= 4 is 21.6 Å². The average Bonchev–Trinajstić information content (AvgIpc) is 3.05. The van der Waals surface area contributed by atoms with E-state index in [1.54, 1.807) is 36.2 Å². The molecule has 28 heavy (non-hydrogen) atoms. The molecule has 1 amide bonds. The summed E-state index contributed by atoms with van der Waals surface area (Å²) < 4.78 is 32.9. The lowest BCUT2D eigenvalue weighted by atomic mass is 10.1. The fraction of sp³-hybridized carbons (Fsp3) is 0.381. The summed E-state index contributed by atoms with van der Waals surface area (Å²) in [4.78, 5) is 14.2. The van der Waals surface area contributed by atoms with E-state index in [2.05, 4.69) is 10.8 Å². The number of hydrogen-bond donors (Lipinski definition) is 1. The Balaban J connectivity index is 1.63. The first-order chi connectivity index (χ1) is 13.2. The summed E-state index contributed by atoms with van der Waals surface area (Å²) >= 11 is 0. The number of rotatable bonds is 7. The minimum atomic E-state index is -3.80. The van der Waals surface area contributed by atoms with Gasteiger partial charge in [-0.2, -0.15) is 0 Å². The number of nitrogens with one attached hydrogen (secondary N) is 1. The summed E-state index contributed by atoms with van der Waals surface area (Å²) in [6, 6.07) is 14.5. The Morgan fingerprint density at radius 3 is 2.54 bits per heavy atom. The highest BCUT2D eigenvalue weighted by Crippen LogP contribution is 2.34. The van der Waals surface area contributed by atoms with E-state index in [0.717, 1.165) is 18.4 Å². The van der Waals surface area contributed by atoms with Crippen LogP contribution in [-0.4, -0.2) is 38.1 Å². The van der Waals surface area contributed by atoms with Gasteiger partial charge in [-0.3, -0.25) is 9.52 Å². The largest absolute Gasteiger partial charge is 0.491 e. The Morgan fingerprint density at radius 2 is 1.86 bits per heavy atom. The summed E-state index contributed by atoms with van der Waals surface area (Å²) in [5.41, 5.74) is 2.72. The normalized spacial score (nSPS) is 15.9. The number of sulfonamides is 1. The van der Waals surface area contributed by atoms with Crippen LogP contribution in [0.3, 0.4) is 0 Å².